The Bertz CT molecular complexity index is 704. The number of nitrogens with one attached hydrogen (secondary N) is 1. The molecule has 2 aliphatic heterocycles. The van der Waals surface area contributed by atoms with E-state index in [9.17, 15) is 18.3 Å². The minimum atomic E-state index is -4.31. The van der Waals surface area contributed by atoms with E-state index in [1.54, 1.807) is 6.07 Å². The van der Waals surface area contributed by atoms with Gasteiger partial charge in [-0.15, -0.1) is 0 Å². The van der Waals surface area contributed by atoms with Crippen LogP contribution in [0.3, 0.4) is 0 Å². The SMILES string of the molecule is CCNC(=NCCCN1CCN(c2cccc(C(F)(F)F)c2)CC1)N1CC[C@@H](O)C1. The van der Waals surface area contributed by atoms with Crippen LogP contribution in [-0.2, 0) is 6.18 Å². The van der Waals surface area contributed by atoms with Gasteiger partial charge in [0.1, 0.15) is 0 Å². The van der Waals surface area contributed by atoms with Gasteiger partial charge in [-0.1, -0.05) is 6.07 Å². The zero-order valence-corrected chi connectivity index (χ0v) is 17.5. The first kappa shape index (κ1) is 22.7. The zero-order chi connectivity index (χ0) is 21.6. The van der Waals surface area contributed by atoms with Gasteiger partial charge >= 0.3 is 6.18 Å². The Morgan fingerprint density at radius 3 is 2.60 bits per heavy atom. The highest BCUT2D eigenvalue weighted by atomic mass is 19.4. The van der Waals surface area contributed by atoms with Gasteiger partial charge < -0.3 is 20.2 Å². The first-order chi connectivity index (χ1) is 14.4. The molecule has 6 nitrogen and oxygen atoms in total. The van der Waals surface area contributed by atoms with Crippen LogP contribution < -0.4 is 10.2 Å². The van der Waals surface area contributed by atoms with Crippen molar-refractivity contribution in [3.8, 4) is 0 Å². The normalized spacial score (nSPS) is 21.4. The van der Waals surface area contributed by atoms with Crippen molar-refractivity contribution >= 4 is 11.6 Å². The highest BCUT2D eigenvalue weighted by Crippen LogP contribution is 2.31. The molecule has 2 heterocycles. The third-order valence-electron chi connectivity index (χ3n) is 5.60. The molecular weight excluding hydrogens is 395 g/mol. The van der Waals surface area contributed by atoms with Gasteiger partial charge in [0.25, 0.3) is 0 Å². The number of alkyl halides is 3. The Labute approximate surface area is 176 Å². The molecule has 0 saturated carbocycles. The summed E-state index contributed by atoms with van der Waals surface area (Å²) in [6.45, 7) is 9.02. The molecule has 0 spiro atoms. The molecule has 2 fully saturated rings. The van der Waals surface area contributed by atoms with Crippen molar-refractivity contribution in [3.63, 3.8) is 0 Å². The van der Waals surface area contributed by atoms with E-state index >= 15 is 0 Å². The van der Waals surface area contributed by atoms with Crippen LogP contribution in [0.15, 0.2) is 29.3 Å². The number of aliphatic hydroxyl groups excluding tert-OH is 1. The Morgan fingerprint density at radius 2 is 1.97 bits per heavy atom. The number of piperazine rings is 1. The summed E-state index contributed by atoms with van der Waals surface area (Å²) in [4.78, 5) is 11.1. The number of aliphatic hydroxyl groups is 1. The predicted molar refractivity (Wildman–Crippen MR) is 113 cm³/mol. The number of guanidine groups is 1. The van der Waals surface area contributed by atoms with E-state index in [1.165, 1.54) is 12.1 Å². The van der Waals surface area contributed by atoms with Crippen molar-refractivity contribution in [3.05, 3.63) is 29.8 Å². The highest BCUT2D eigenvalue weighted by Gasteiger charge is 2.31. The fourth-order valence-corrected chi connectivity index (χ4v) is 3.95. The van der Waals surface area contributed by atoms with Crippen LogP contribution in [0.2, 0.25) is 0 Å². The third-order valence-corrected chi connectivity index (χ3v) is 5.60. The lowest BCUT2D eigenvalue weighted by Gasteiger charge is -2.36. The number of likely N-dealkylation sites (tertiary alicyclic amines) is 1. The summed E-state index contributed by atoms with van der Waals surface area (Å²) in [5.74, 6) is 0.864. The number of aliphatic imine (C=N–C) groups is 1. The van der Waals surface area contributed by atoms with Gasteiger partial charge in [0, 0.05) is 64.6 Å². The molecule has 168 valence electrons. The summed E-state index contributed by atoms with van der Waals surface area (Å²) >= 11 is 0. The van der Waals surface area contributed by atoms with Crippen LogP contribution in [0.1, 0.15) is 25.3 Å². The standard InChI is InChI=1S/C21H32F3N5O/c1-2-25-20(29-10-7-19(30)16-29)26-8-4-9-27-11-13-28(14-12-27)18-6-3-5-17(15-18)21(22,23)24/h3,5-6,15,19,30H,2,4,7-14,16H2,1H3,(H,25,26)/t19-/m1/s1. The molecule has 30 heavy (non-hydrogen) atoms. The molecule has 0 unspecified atom stereocenters. The second-order valence-electron chi connectivity index (χ2n) is 7.85. The summed E-state index contributed by atoms with van der Waals surface area (Å²) in [5.41, 5.74) is 0.0412. The number of anilines is 1. The van der Waals surface area contributed by atoms with Gasteiger partial charge in [-0.25, -0.2) is 0 Å². The number of hydrogen-bond donors (Lipinski definition) is 2. The van der Waals surface area contributed by atoms with E-state index in [-0.39, 0.29) is 6.10 Å². The van der Waals surface area contributed by atoms with Crippen LogP contribution in [0, 0.1) is 0 Å². The number of rotatable bonds is 6. The molecule has 0 aromatic heterocycles. The number of benzene rings is 1. The Kier molecular flexibility index (Phi) is 7.82. The molecule has 1 atom stereocenters. The van der Waals surface area contributed by atoms with Gasteiger partial charge in [0.2, 0.25) is 0 Å². The van der Waals surface area contributed by atoms with Gasteiger partial charge in [-0.2, -0.15) is 13.2 Å². The van der Waals surface area contributed by atoms with Gasteiger partial charge in [-0.3, -0.25) is 9.89 Å². The molecule has 2 saturated heterocycles. The monoisotopic (exact) mass is 427 g/mol. The Balaban J connectivity index is 1.43. The maximum atomic E-state index is 12.9. The minimum absolute atomic E-state index is 0.276. The largest absolute Gasteiger partial charge is 0.416 e. The topological polar surface area (TPSA) is 54.3 Å². The summed E-state index contributed by atoms with van der Waals surface area (Å²) in [6, 6.07) is 5.58. The second-order valence-corrected chi connectivity index (χ2v) is 7.85. The molecule has 9 heteroatoms. The van der Waals surface area contributed by atoms with Crippen molar-refractivity contribution in [2.24, 2.45) is 4.99 Å². The lowest BCUT2D eigenvalue weighted by atomic mass is 10.1. The first-order valence-electron chi connectivity index (χ1n) is 10.7. The van der Waals surface area contributed by atoms with Crippen LogP contribution in [0.4, 0.5) is 18.9 Å². The first-order valence-corrected chi connectivity index (χ1v) is 10.7. The van der Waals surface area contributed by atoms with E-state index in [0.717, 1.165) is 70.7 Å². The van der Waals surface area contributed by atoms with E-state index in [4.69, 9.17) is 0 Å². The number of halogens is 3. The van der Waals surface area contributed by atoms with Crippen LogP contribution >= 0.6 is 0 Å². The Hall–Kier alpha value is -2.00. The fourth-order valence-electron chi connectivity index (χ4n) is 3.95. The van der Waals surface area contributed by atoms with Crippen LogP contribution in [-0.4, -0.2) is 85.9 Å². The van der Waals surface area contributed by atoms with Gasteiger partial charge in [0.15, 0.2) is 5.96 Å². The van der Waals surface area contributed by atoms with Crippen LogP contribution in [0.25, 0.3) is 0 Å². The Morgan fingerprint density at radius 1 is 1.20 bits per heavy atom. The van der Waals surface area contributed by atoms with Gasteiger partial charge in [0.05, 0.1) is 11.7 Å². The quantitative estimate of drug-likeness (QED) is 0.414. The molecule has 3 rings (SSSR count). The lowest BCUT2D eigenvalue weighted by molar-refractivity contribution is -0.137. The third kappa shape index (κ3) is 6.25. The maximum absolute atomic E-state index is 12.9. The number of nitrogens with zero attached hydrogens (tertiary/aromatic N) is 4. The van der Waals surface area contributed by atoms with E-state index in [0.29, 0.717) is 18.8 Å². The van der Waals surface area contributed by atoms with E-state index in [1.807, 2.05) is 11.8 Å². The van der Waals surface area contributed by atoms with Crippen molar-refractivity contribution in [2.75, 3.05) is 63.8 Å². The predicted octanol–water partition coefficient (Wildman–Crippen LogP) is 2.25. The molecule has 2 N–H and O–H groups in total. The minimum Gasteiger partial charge on any atom is -0.391 e. The smallest absolute Gasteiger partial charge is 0.391 e. The molecule has 0 aliphatic carbocycles. The van der Waals surface area contributed by atoms with Crippen molar-refractivity contribution in [1.82, 2.24) is 15.1 Å². The summed E-state index contributed by atoms with van der Waals surface area (Å²) < 4.78 is 38.8. The summed E-state index contributed by atoms with van der Waals surface area (Å²) in [7, 11) is 0. The van der Waals surface area contributed by atoms with E-state index in [2.05, 4.69) is 20.1 Å². The average molecular weight is 428 g/mol. The summed E-state index contributed by atoms with van der Waals surface area (Å²) in [6.07, 6.45) is -2.88. The van der Waals surface area contributed by atoms with E-state index < -0.39 is 11.7 Å². The van der Waals surface area contributed by atoms with Crippen molar-refractivity contribution in [2.45, 2.75) is 32.0 Å². The fraction of sp³-hybridized carbons (Fsp3) is 0.667. The second kappa shape index (κ2) is 10.3. The molecule has 1 aromatic carbocycles. The van der Waals surface area contributed by atoms with Crippen LogP contribution in [0.5, 0.6) is 0 Å². The molecule has 0 amide bonds. The van der Waals surface area contributed by atoms with Gasteiger partial charge in [-0.05, 0) is 38.0 Å². The maximum Gasteiger partial charge on any atom is 0.416 e. The number of β-amino-alcohol motifs (C(OH)–C–C–N with tert-alkyl or cyclic N) is 1. The highest BCUT2D eigenvalue weighted by molar-refractivity contribution is 5.80. The average Bonchev–Trinajstić information content (AvgIpc) is 3.16. The zero-order valence-electron chi connectivity index (χ0n) is 17.5. The summed E-state index contributed by atoms with van der Waals surface area (Å²) in [5, 5.41) is 13.0. The van der Waals surface area contributed by atoms with Crippen molar-refractivity contribution < 1.29 is 18.3 Å². The number of hydrogen-bond acceptors (Lipinski definition) is 4. The molecular formula is C21H32F3N5O. The molecule has 0 bridgehead atoms. The molecule has 2 aliphatic rings. The van der Waals surface area contributed by atoms with Crippen molar-refractivity contribution in [1.29, 1.82) is 0 Å². The molecule has 0 radical (unpaired) electrons. The lowest BCUT2D eigenvalue weighted by Crippen LogP contribution is -2.46. The molecule has 1 aromatic rings.